The minimum atomic E-state index is -1.11. The van der Waals surface area contributed by atoms with E-state index in [1.807, 2.05) is 30.3 Å². The molecule has 4 aromatic rings. The van der Waals surface area contributed by atoms with Gasteiger partial charge >= 0.3 is 12.1 Å². The van der Waals surface area contributed by atoms with Crippen LogP contribution in [0.15, 0.2) is 65.2 Å². The van der Waals surface area contributed by atoms with Crippen LogP contribution in [0.25, 0.3) is 0 Å². The standard InChI is InChI=1S/C25H26N8O5/c1-15-13-20(38-32-15)28-24-30-22(26-17-7-5-4-6-8-17)29-23(31-24)27-19(21(34)35)14-16-9-11-18(12-10-16)37-25(36)33(2)3/h4-13,19H,14H2,1-3H3,(H,34,35)(H3,26,27,28,29,30,31)/t19-/m0/s1. The van der Waals surface area contributed by atoms with E-state index in [4.69, 9.17) is 9.26 Å². The van der Waals surface area contributed by atoms with E-state index < -0.39 is 18.1 Å². The summed E-state index contributed by atoms with van der Waals surface area (Å²) < 4.78 is 10.4. The van der Waals surface area contributed by atoms with Gasteiger partial charge in [-0.1, -0.05) is 35.5 Å². The highest BCUT2D eigenvalue weighted by molar-refractivity contribution is 5.77. The number of nitrogens with zero attached hydrogens (tertiary/aromatic N) is 5. The lowest BCUT2D eigenvalue weighted by Crippen LogP contribution is -2.32. The van der Waals surface area contributed by atoms with Gasteiger partial charge in [0.2, 0.25) is 23.7 Å². The van der Waals surface area contributed by atoms with E-state index in [1.165, 1.54) is 4.90 Å². The van der Waals surface area contributed by atoms with Crippen LogP contribution in [0.2, 0.25) is 0 Å². The number of amides is 1. The van der Waals surface area contributed by atoms with Gasteiger partial charge in [0.05, 0.1) is 5.69 Å². The van der Waals surface area contributed by atoms with E-state index in [-0.39, 0.29) is 24.3 Å². The van der Waals surface area contributed by atoms with Gasteiger partial charge < -0.3 is 29.9 Å². The van der Waals surface area contributed by atoms with Gasteiger partial charge in [0.15, 0.2) is 0 Å². The summed E-state index contributed by atoms with van der Waals surface area (Å²) in [5, 5.41) is 22.6. The molecular weight excluding hydrogens is 492 g/mol. The van der Waals surface area contributed by atoms with Gasteiger partial charge in [-0.2, -0.15) is 15.0 Å². The number of carbonyl (C=O) groups is 2. The third-order valence-corrected chi connectivity index (χ3v) is 5.06. The molecule has 0 aliphatic rings. The number of carbonyl (C=O) groups excluding carboxylic acids is 1. The van der Waals surface area contributed by atoms with Crippen molar-refractivity contribution in [3.63, 3.8) is 0 Å². The highest BCUT2D eigenvalue weighted by Gasteiger charge is 2.21. The van der Waals surface area contributed by atoms with Crippen molar-refractivity contribution in [1.82, 2.24) is 25.0 Å². The molecule has 2 heterocycles. The second kappa shape index (κ2) is 11.7. The fraction of sp³-hybridized carbons (Fsp3) is 0.200. The Morgan fingerprint density at radius 3 is 2.24 bits per heavy atom. The lowest BCUT2D eigenvalue weighted by Gasteiger charge is -2.16. The van der Waals surface area contributed by atoms with Crippen LogP contribution >= 0.6 is 0 Å². The second-order valence-corrected chi connectivity index (χ2v) is 8.40. The number of ether oxygens (including phenoxy) is 1. The minimum Gasteiger partial charge on any atom is -0.480 e. The quantitative estimate of drug-likeness (QED) is 0.240. The van der Waals surface area contributed by atoms with E-state index in [0.717, 1.165) is 5.69 Å². The number of carboxylic acid groups (broad SMARTS) is 1. The van der Waals surface area contributed by atoms with Crippen LogP contribution in [0.1, 0.15) is 11.3 Å². The van der Waals surface area contributed by atoms with Gasteiger partial charge in [-0.05, 0) is 36.8 Å². The molecule has 0 bridgehead atoms. The van der Waals surface area contributed by atoms with Crippen LogP contribution in [0.4, 0.5) is 34.2 Å². The Labute approximate surface area is 217 Å². The highest BCUT2D eigenvalue weighted by atomic mass is 16.6. The molecule has 0 fully saturated rings. The van der Waals surface area contributed by atoms with Crippen molar-refractivity contribution in [1.29, 1.82) is 0 Å². The first-order valence-corrected chi connectivity index (χ1v) is 11.5. The molecule has 1 atom stereocenters. The Morgan fingerprint density at radius 2 is 1.63 bits per heavy atom. The van der Waals surface area contributed by atoms with Crippen molar-refractivity contribution >= 4 is 41.5 Å². The average molecular weight is 519 g/mol. The largest absolute Gasteiger partial charge is 0.480 e. The number of nitrogens with one attached hydrogen (secondary N) is 3. The lowest BCUT2D eigenvalue weighted by atomic mass is 10.1. The van der Waals surface area contributed by atoms with E-state index in [2.05, 4.69) is 36.1 Å². The summed E-state index contributed by atoms with van der Waals surface area (Å²) >= 11 is 0. The molecule has 0 unspecified atom stereocenters. The number of rotatable bonds is 10. The molecule has 196 valence electrons. The van der Waals surface area contributed by atoms with Crippen LogP contribution in [0.3, 0.4) is 0 Å². The first kappa shape index (κ1) is 25.9. The normalized spacial score (nSPS) is 11.3. The van der Waals surface area contributed by atoms with Gasteiger partial charge in [0.25, 0.3) is 0 Å². The summed E-state index contributed by atoms with van der Waals surface area (Å²) in [5.74, 6) is -0.112. The smallest absolute Gasteiger partial charge is 0.414 e. The summed E-state index contributed by atoms with van der Waals surface area (Å²) in [4.78, 5) is 38.1. The third-order valence-electron chi connectivity index (χ3n) is 5.06. The van der Waals surface area contributed by atoms with Crippen LogP contribution in [0, 0.1) is 6.92 Å². The number of para-hydroxylation sites is 1. The van der Waals surface area contributed by atoms with Gasteiger partial charge in [0.1, 0.15) is 11.8 Å². The van der Waals surface area contributed by atoms with E-state index >= 15 is 0 Å². The number of aromatic nitrogens is 4. The molecule has 38 heavy (non-hydrogen) atoms. The third kappa shape index (κ3) is 7.16. The van der Waals surface area contributed by atoms with Crippen LogP contribution in [-0.2, 0) is 11.2 Å². The number of benzene rings is 2. The molecule has 13 nitrogen and oxygen atoms in total. The van der Waals surface area contributed by atoms with Crippen molar-refractivity contribution < 1.29 is 24.0 Å². The van der Waals surface area contributed by atoms with E-state index in [0.29, 0.717) is 22.9 Å². The summed E-state index contributed by atoms with van der Waals surface area (Å²) in [6.45, 7) is 1.77. The average Bonchev–Trinajstić information content (AvgIpc) is 3.29. The first-order valence-electron chi connectivity index (χ1n) is 11.5. The SMILES string of the molecule is Cc1cc(Nc2nc(Nc3ccccc3)nc(N[C@@H](Cc3ccc(OC(=O)N(C)C)cc3)C(=O)O)n2)on1. The maximum Gasteiger partial charge on any atom is 0.414 e. The summed E-state index contributed by atoms with van der Waals surface area (Å²) in [7, 11) is 3.16. The zero-order valence-corrected chi connectivity index (χ0v) is 20.9. The topological polar surface area (TPSA) is 168 Å². The predicted octanol–water partition coefficient (Wildman–Crippen LogP) is 3.82. The Morgan fingerprint density at radius 1 is 0.974 bits per heavy atom. The molecule has 0 spiro atoms. The van der Waals surface area contributed by atoms with Crippen LogP contribution in [0.5, 0.6) is 5.75 Å². The van der Waals surface area contributed by atoms with Gasteiger partial charge in [0, 0.05) is 32.3 Å². The number of aliphatic carboxylic acids is 1. The maximum absolute atomic E-state index is 12.1. The fourth-order valence-corrected chi connectivity index (χ4v) is 3.21. The highest BCUT2D eigenvalue weighted by Crippen LogP contribution is 2.20. The molecule has 0 saturated heterocycles. The molecule has 0 aliphatic carbocycles. The molecule has 2 aromatic carbocycles. The Kier molecular flexibility index (Phi) is 7.96. The lowest BCUT2D eigenvalue weighted by molar-refractivity contribution is -0.137. The Balaban J connectivity index is 1.54. The fourth-order valence-electron chi connectivity index (χ4n) is 3.21. The van der Waals surface area contributed by atoms with Crippen molar-refractivity contribution in [3.8, 4) is 5.75 Å². The predicted molar refractivity (Wildman–Crippen MR) is 139 cm³/mol. The van der Waals surface area contributed by atoms with Gasteiger partial charge in [-0.25, -0.2) is 9.59 Å². The monoisotopic (exact) mass is 518 g/mol. The summed E-state index contributed by atoms with van der Waals surface area (Å²) in [5.41, 5.74) is 2.09. The zero-order chi connectivity index (χ0) is 27.1. The second-order valence-electron chi connectivity index (χ2n) is 8.40. The molecule has 4 rings (SSSR count). The van der Waals surface area contributed by atoms with Crippen LogP contribution < -0.4 is 20.7 Å². The number of hydrogen-bond acceptors (Lipinski definition) is 11. The number of anilines is 5. The molecule has 2 aromatic heterocycles. The van der Waals surface area contributed by atoms with Crippen molar-refractivity contribution in [2.75, 3.05) is 30.0 Å². The van der Waals surface area contributed by atoms with Crippen LogP contribution in [-0.4, -0.2) is 62.3 Å². The minimum absolute atomic E-state index is 0.0288. The number of carboxylic acids is 1. The molecular formula is C25H26N8O5. The maximum atomic E-state index is 12.1. The van der Waals surface area contributed by atoms with Crippen molar-refractivity contribution in [2.45, 2.75) is 19.4 Å². The van der Waals surface area contributed by atoms with Crippen molar-refractivity contribution in [2.24, 2.45) is 0 Å². The Bertz CT molecular complexity index is 1390. The number of aryl methyl sites for hydroxylation is 1. The molecule has 0 aliphatic heterocycles. The Hall–Kier alpha value is -5.20. The summed E-state index contributed by atoms with van der Waals surface area (Å²) in [6.07, 6.45) is -0.406. The molecule has 0 radical (unpaired) electrons. The van der Waals surface area contributed by atoms with Gasteiger partial charge in [-0.3, -0.25) is 5.32 Å². The first-order chi connectivity index (χ1) is 18.2. The van der Waals surface area contributed by atoms with E-state index in [1.54, 1.807) is 51.4 Å². The zero-order valence-electron chi connectivity index (χ0n) is 20.9. The molecule has 13 heteroatoms. The molecule has 4 N–H and O–H groups in total. The number of hydrogen-bond donors (Lipinski definition) is 4. The summed E-state index contributed by atoms with van der Waals surface area (Å²) in [6, 6.07) is 16.4. The van der Waals surface area contributed by atoms with Gasteiger partial charge in [-0.15, -0.1) is 0 Å². The van der Waals surface area contributed by atoms with E-state index in [9.17, 15) is 14.7 Å². The molecule has 1 amide bonds. The molecule has 0 saturated carbocycles. The van der Waals surface area contributed by atoms with Crippen molar-refractivity contribution in [3.05, 3.63) is 71.9 Å².